The van der Waals surface area contributed by atoms with Crippen molar-refractivity contribution in [3.05, 3.63) is 29.3 Å². The van der Waals surface area contributed by atoms with E-state index in [-0.39, 0.29) is 11.8 Å². The third-order valence-corrected chi connectivity index (χ3v) is 4.73. The molecule has 3 heteroatoms. The van der Waals surface area contributed by atoms with Crippen molar-refractivity contribution in [2.75, 3.05) is 6.61 Å². The smallest absolute Gasteiger partial charge is 0.174 e. The number of para-hydroxylation sites is 1. The molecule has 0 bridgehead atoms. The molecular weight excluding hydrogens is 238 g/mol. The minimum atomic E-state index is -0.421. The first kappa shape index (κ1) is 12.7. The third kappa shape index (κ3) is 1.96. The second-order valence-corrected chi connectivity index (χ2v) is 5.99. The van der Waals surface area contributed by atoms with Gasteiger partial charge in [-0.15, -0.1) is 0 Å². The predicted molar refractivity (Wildman–Crippen MR) is 74.5 cm³/mol. The van der Waals surface area contributed by atoms with E-state index in [9.17, 15) is 4.79 Å². The number of carbonyl (C=O) groups is 1. The van der Waals surface area contributed by atoms with E-state index in [1.54, 1.807) is 0 Å². The van der Waals surface area contributed by atoms with E-state index in [1.807, 2.05) is 19.1 Å². The molecule has 0 amide bonds. The van der Waals surface area contributed by atoms with E-state index in [4.69, 9.17) is 10.5 Å². The van der Waals surface area contributed by atoms with Gasteiger partial charge in [-0.3, -0.25) is 4.79 Å². The SMILES string of the molecule is CC1(C(=O)c2cccc3c2OCCC3)CCCC1N. The van der Waals surface area contributed by atoms with Gasteiger partial charge in [-0.2, -0.15) is 0 Å². The van der Waals surface area contributed by atoms with Crippen LogP contribution in [0.3, 0.4) is 0 Å². The van der Waals surface area contributed by atoms with Gasteiger partial charge in [-0.05, 0) is 37.3 Å². The summed E-state index contributed by atoms with van der Waals surface area (Å²) in [6, 6.07) is 5.88. The van der Waals surface area contributed by atoms with Crippen LogP contribution in [0.2, 0.25) is 0 Å². The Morgan fingerprint density at radius 2 is 2.26 bits per heavy atom. The molecule has 2 unspecified atom stereocenters. The summed E-state index contributed by atoms with van der Waals surface area (Å²) in [4.78, 5) is 12.9. The Morgan fingerprint density at radius 1 is 1.42 bits per heavy atom. The Morgan fingerprint density at radius 3 is 3.00 bits per heavy atom. The lowest BCUT2D eigenvalue weighted by atomic mass is 9.77. The highest BCUT2D eigenvalue weighted by Gasteiger charge is 2.44. The standard InChI is InChI=1S/C16H21NO2/c1-16(9-3-8-13(16)17)15(18)12-7-2-5-11-6-4-10-19-14(11)12/h2,5,7,13H,3-4,6,8-10,17H2,1H3. The molecule has 19 heavy (non-hydrogen) atoms. The zero-order valence-electron chi connectivity index (χ0n) is 11.4. The maximum Gasteiger partial charge on any atom is 0.174 e. The maximum atomic E-state index is 12.9. The van der Waals surface area contributed by atoms with Crippen molar-refractivity contribution < 1.29 is 9.53 Å². The largest absolute Gasteiger partial charge is 0.493 e. The number of hydrogen-bond donors (Lipinski definition) is 1. The Kier molecular flexibility index (Phi) is 3.09. The maximum absolute atomic E-state index is 12.9. The molecule has 2 N–H and O–H groups in total. The number of aryl methyl sites for hydroxylation is 1. The molecule has 3 rings (SSSR count). The number of benzene rings is 1. The van der Waals surface area contributed by atoms with Gasteiger partial charge in [0.2, 0.25) is 0 Å². The average Bonchev–Trinajstić information content (AvgIpc) is 2.78. The van der Waals surface area contributed by atoms with Crippen molar-refractivity contribution in [3.63, 3.8) is 0 Å². The van der Waals surface area contributed by atoms with Crippen molar-refractivity contribution in [3.8, 4) is 5.75 Å². The van der Waals surface area contributed by atoms with Crippen molar-refractivity contribution in [1.29, 1.82) is 0 Å². The molecule has 0 aromatic heterocycles. The van der Waals surface area contributed by atoms with Gasteiger partial charge in [0.05, 0.1) is 12.2 Å². The fourth-order valence-electron chi connectivity index (χ4n) is 3.35. The highest BCUT2D eigenvalue weighted by Crippen LogP contribution is 2.42. The average molecular weight is 259 g/mol. The lowest BCUT2D eigenvalue weighted by Gasteiger charge is -2.29. The highest BCUT2D eigenvalue weighted by atomic mass is 16.5. The van der Waals surface area contributed by atoms with Gasteiger partial charge < -0.3 is 10.5 Å². The zero-order chi connectivity index (χ0) is 13.5. The second kappa shape index (κ2) is 4.64. The van der Waals surface area contributed by atoms with Gasteiger partial charge in [0.15, 0.2) is 5.78 Å². The predicted octanol–water partition coefficient (Wildman–Crippen LogP) is 2.71. The van der Waals surface area contributed by atoms with Crippen LogP contribution in [0.25, 0.3) is 0 Å². The molecule has 1 aliphatic heterocycles. The lowest BCUT2D eigenvalue weighted by Crippen LogP contribution is -2.41. The summed E-state index contributed by atoms with van der Waals surface area (Å²) in [7, 11) is 0. The number of fused-ring (bicyclic) bond motifs is 1. The van der Waals surface area contributed by atoms with Crippen LogP contribution in [0.15, 0.2) is 18.2 Å². The van der Waals surface area contributed by atoms with Gasteiger partial charge in [0.1, 0.15) is 5.75 Å². The first-order valence-electron chi connectivity index (χ1n) is 7.18. The van der Waals surface area contributed by atoms with Crippen LogP contribution in [-0.4, -0.2) is 18.4 Å². The van der Waals surface area contributed by atoms with Gasteiger partial charge in [-0.1, -0.05) is 25.5 Å². The molecule has 1 aromatic rings. The molecule has 0 saturated heterocycles. The summed E-state index contributed by atoms with van der Waals surface area (Å²) in [5.41, 5.74) is 7.64. The quantitative estimate of drug-likeness (QED) is 0.831. The van der Waals surface area contributed by atoms with Crippen molar-refractivity contribution in [2.24, 2.45) is 11.1 Å². The van der Waals surface area contributed by atoms with Crippen LogP contribution in [0.4, 0.5) is 0 Å². The number of ether oxygens (including phenoxy) is 1. The van der Waals surface area contributed by atoms with Gasteiger partial charge >= 0.3 is 0 Å². The lowest BCUT2D eigenvalue weighted by molar-refractivity contribution is 0.0797. The van der Waals surface area contributed by atoms with E-state index < -0.39 is 5.41 Å². The molecule has 2 aliphatic rings. The molecule has 0 spiro atoms. The van der Waals surface area contributed by atoms with Gasteiger partial charge in [-0.25, -0.2) is 0 Å². The molecule has 1 fully saturated rings. The molecule has 1 aliphatic carbocycles. The number of rotatable bonds is 2. The van der Waals surface area contributed by atoms with E-state index >= 15 is 0 Å². The number of nitrogens with two attached hydrogens (primary N) is 1. The van der Waals surface area contributed by atoms with Gasteiger partial charge in [0.25, 0.3) is 0 Å². The van der Waals surface area contributed by atoms with E-state index in [1.165, 1.54) is 0 Å². The Balaban J connectivity index is 2.00. The Hall–Kier alpha value is -1.35. The molecule has 2 atom stereocenters. The summed E-state index contributed by atoms with van der Waals surface area (Å²) in [5.74, 6) is 0.968. The van der Waals surface area contributed by atoms with Crippen molar-refractivity contribution >= 4 is 5.78 Å². The van der Waals surface area contributed by atoms with Crippen LogP contribution < -0.4 is 10.5 Å². The summed E-state index contributed by atoms with van der Waals surface area (Å²) in [6.07, 6.45) is 4.90. The topological polar surface area (TPSA) is 52.3 Å². The van der Waals surface area contributed by atoms with Crippen LogP contribution in [0.5, 0.6) is 5.75 Å². The number of hydrogen-bond acceptors (Lipinski definition) is 3. The zero-order valence-corrected chi connectivity index (χ0v) is 11.4. The molecule has 102 valence electrons. The molecular formula is C16H21NO2. The summed E-state index contributed by atoms with van der Waals surface area (Å²) >= 11 is 0. The second-order valence-electron chi connectivity index (χ2n) is 5.99. The Bertz CT molecular complexity index is 511. The van der Waals surface area contributed by atoms with E-state index in [0.717, 1.165) is 49.0 Å². The normalized spacial score (nSPS) is 29.7. The minimum absolute atomic E-state index is 0.0283. The molecule has 1 heterocycles. The Labute approximate surface area is 114 Å². The summed E-state index contributed by atoms with van der Waals surface area (Å²) in [6.45, 7) is 2.72. The van der Waals surface area contributed by atoms with E-state index in [2.05, 4.69) is 6.07 Å². The first-order chi connectivity index (χ1) is 9.13. The number of Topliss-reactive ketones (excluding diaryl/α,β-unsaturated/α-hetero) is 1. The van der Waals surface area contributed by atoms with Crippen LogP contribution in [0, 0.1) is 5.41 Å². The van der Waals surface area contributed by atoms with Crippen LogP contribution >= 0.6 is 0 Å². The minimum Gasteiger partial charge on any atom is -0.493 e. The fraction of sp³-hybridized carbons (Fsp3) is 0.562. The number of ketones is 1. The third-order valence-electron chi connectivity index (χ3n) is 4.73. The van der Waals surface area contributed by atoms with Crippen LogP contribution in [-0.2, 0) is 6.42 Å². The molecule has 0 radical (unpaired) electrons. The van der Waals surface area contributed by atoms with Crippen LogP contribution in [0.1, 0.15) is 48.5 Å². The molecule has 1 saturated carbocycles. The fourth-order valence-corrected chi connectivity index (χ4v) is 3.35. The van der Waals surface area contributed by atoms with E-state index in [0.29, 0.717) is 6.61 Å². The number of carbonyl (C=O) groups excluding carboxylic acids is 1. The van der Waals surface area contributed by atoms with Crippen molar-refractivity contribution in [1.82, 2.24) is 0 Å². The summed E-state index contributed by atoms with van der Waals surface area (Å²) in [5, 5.41) is 0. The molecule has 1 aromatic carbocycles. The molecule has 3 nitrogen and oxygen atoms in total. The summed E-state index contributed by atoms with van der Waals surface area (Å²) < 4.78 is 5.75. The monoisotopic (exact) mass is 259 g/mol. The van der Waals surface area contributed by atoms with Gasteiger partial charge in [0, 0.05) is 11.5 Å². The highest BCUT2D eigenvalue weighted by molar-refractivity contribution is 6.03. The first-order valence-corrected chi connectivity index (χ1v) is 7.18. The van der Waals surface area contributed by atoms with Crippen molar-refractivity contribution in [2.45, 2.75) is 45.1 Å².